The summed E-state index contributed by atoms with van der Waals surface area (Å²) in [5.74, 6) is 1.66. The Kier molecular flexibility index (Phi) is 4.41. The van der Waals surface area contributed by atoms with Crippen LogP contribution in [0.4, 0.5) is 0 Å². The first-order valence-corrected chi connectivity index (χ1v) is 9.19. The van der Waals surface area contributed by atoms with Crippen molar-refractivity contribution in [3.05, 3.63) is 0 Å². The Morgan fingerprint density at radius 2 is 2.05 bits per heavy atom. The molecule has 0 aromatic rings. The van der Waals surface area contributed by atoms with E-state index in [0.29, 0.717) is 23.5 Å². The second-order valence-electron chi connectivity index (χ2n) is 8.09. The maximum atomic E-state index is 5.90. The molecule has 1 aliphatic heterocycles. The normalized spacial score (nSPS) is 35.3. The highest BCUT2D eigenvalue weighted by Crippen LogP contribution is 2.52. The van der Waals surface area contributed by atoms with Crippen LogP contribution in [-0.2, 0) is 4.74 Å². The van der Waals surface area contributed by atoms with Crippen molar-refractivity contribution in [2.75, 3.05) is 19.7 Å². The molecule has 4 heteroatoms. The molecule has 1 saturated heterocycles. The second-order valence-corrected chi connectivity index (χ2v) is 8.09. The highest BCUT2D eigenvalue weighted by molar-refractivity contribution is 5.80. The number of fused-ring (bicyclic) bond motifs is 1. The lowest BCUT2D eigenvalue weighted by atomic mass is 9.57. The van der Waals surface area contributed by atoms with E-state index in [0.717, 1.165) is 25.7 Å². The quantitative estimate of drug-likeness (QED) is 0.606. The van der Waals surface area contributed by atoms with Crippen LogP contribution >= 0.6 is 0 Å². The van der Waals surface area contributed by atoms with Crippen LogP contribution in [0.5, 0.6) is 0 Å². The summed E-state index contributed by atoms with van der Waals surface area (Å²) >= 11 is 0. The number of nitrogens with one attached hydrogen (secondary N) is 2. The molecular weight excluding hydrogens is 274 g/mol. The molecule has 0 amide bonds. The summed E-state index contributed by atoms with van der Waals surface area (Å²) in [4.78, 5) is 4.93. The molecular formula is C18H33N3O. The van der Waals surface area contributed by atoms with Gasteiger partial charge in [-0.3, -0.25) is 4.99 Å². The van der Waals surface area contributed by atoms with Gasteiger partial charge in [0.1, 0.15) is 0 Å². The van der Waals surface area contributed by atoms with Gasteiger partial charge in [-0.15, -0.1) is 0 Å². The van der Waals surface area contributed by atoms with E-state index in [4.69, 9.17) is 9.73 Å². The summed E-state index contributed by atoms with van der Waals surface area (Å²) in [6.07, 6.45) is 6.94. The van der Waals surface area contributed by atoms with Gasteiger partial charge in [0.25, 0.3) is 0 Å². The van der Waals surface area contributed by atoms with Crippen LogP contribution < -0.4 is 10.6 Å². The van der Waals surface area contributed by atoms with Gasteiger partial charge in [-0.25, -0.2) is 0 Å². The van der Waals surface area contributed by atoms with Crippen LogP contribution in [0.3, 0.4) is 0 Å². The molecule has 0 bridgehead atoms. The first-order chi connectivity index (χ1) is 10.5. The molecule has 3 aliphatic rings. The molecule has 126 valence electrons. The van der Waals surface area contributed by atoms with Gasteiger partial charge in [-0.05, 0) is 38.0 Å². The van der Waals surface area contributed by atoms with E-state index in [1.54, 1.807) is 0 Å². The van der Waals surface area contributed by atoms with Crippen LogP contribution in [0.15, 0.2) is 4.99 Å². The van der Waals surface area contributed by atoms with Gasteiger partial charge >= 0.3 is 0 Å². The molecule has 3 unspecified atom stereocenters. The summed E-state index contributed by atoms with van der Waals surface area (Å²) in [6, 6.07) is 0.483. The molecule has 3 atom stereocenters. The number of hydrogen-bond acceptors (Lipinski definition) is 2. The van der Waals surface area contributed by atoms with Gasteiger partial charge < -0.3 is 15.4 Å². The number of guanidine groups is 1. The van der Waals surface area contributed by atoms with E-state index in [9.17, 15) is 0 Å². The fourth-order valence-corrected chi connectivity index (χ4v) is 4.63. The van der Waals surface area contributed by atoms with Crippen LogP contribution in [0.2, 0.25) is 0 Å². The Hall–Kier alpha value is -0.770. The molecule has 3 rings (SSSR count). The molecule has 2 saturated carbocycles. The fourth-order valence-electron chi connectivity index (χ4n) is 4.63. The predicted octanol–water partition coefficient (Wildman–Crippen LogP) is 2.94. The van der Waals surface area contributed by atoms with Gasteiger partial charge in [0.15, 0.2) is 5.96 Å². The number of rotatable bonds is 5. The zero-order valence-electron chi connectivity index (χ0n) is 14.7. The number of aliphatic imine (C=N–C) groups is 1. The van der Waals surface area contributed by atoms with Crippen LogP contribution in [0.1, 0.15) is 59.8 Å². The van der Waals surface area contributed by atoms with Gasteiger partial charge in [-0.2, -0.15) is 0 Å². The van der Waals surface area contributed by atoms with Crippen molar-refractivity contribution in [1.82, 2.24) is 10.6 Å². The third kappa shape index (κ3) is 2.64. The number of ether oxygens (including phenoxy) is 1. The monoisotopic (exact) mass is 307 g/mol. The number of hydrogen-bond donors (Lipinski definition) is 2. The molecule has 0 aromatic carbocycles. The summed E-state index contributed by atoms with van der Waals surface area (Å²) in [5.41, 5.74) is 0.687. The SMILES string of the molecule is CCNC(=NCC1(CC)CCC1)NC1C2CCOC2C1(C)C. The Morgan fingerprint density at radius 1 is 1.27 bits per heavy atom. The van der Waals surface area contributed by atoms with Gasteiger partial charge in [0, 0.05) is 37.1 Å². The summed E-state index contributed by atoms with van der Waals surface area (Å²) in [7, 11) is 0. The third-order valence-electron chi connectivity index (χ3n) is 6.47. The third-order valence-corrected chi connectivity index (χ3v) is 6.47. The molecule has 22 heavy (non-hydrogen) atoms. The average molecular weight is 307 g/mol. The van der Waals surface area contributed by atoms with Crippen LogP contribution in [0, 0.1) is 16.7 Å². The van der Waals surface area contributed by atoms with Crippen molar-refractivity contribution >= 4 is 5.96 Å². The smallest absolute Gasteiger partial charge is 0.191 e. The largest absolute Gasteiger partial charge is 0.377 e. The topological polar surface area (TPSA) is 45.7 Å². The first kappa shape index (κ1) is 16.1. The molecule has 0 aromatic heterocycles. The molecule has 3 fully saturated rings. The number of nitrogens with zero attached hydrogens (tertiary/aromatic N) is 1. The van der Waals surface area contributed by atoms with Gasteiger partial charge in [0.2, 0.25) is 0 Å². The van der Waals surface area contributed by atoms with Crippen molar-refractivity contribution in [2.24, 2.45) is 21.7 Å². The van der Waals surface area contributed by atoms with Crippen molar-refractivity contribution in [1.29, 1.82) is 0 Å². The van der Waals surface area contributed by atoms with Crippen LogP contribution in [0.25, 0.3) is 0 Å². The molecule has 1 heterocycles. The zero-order chi connectivity index (χ0) is 15.8. The lowest BCUT2D eigenvalue weighted by Crippen LogP contribution is -2.68. The maximum Gasteiger partial charge on any atom is 0.191 e. The Labute approximate surface area is 135 Å². The van der Waals surface area contributed by atoms with E-state index in [-0.39, 0.29) is 5.41 Å². The highest BCUT2D eigenvalue weighted by atomic mass is 16.5. The van der Waals surface area contributed by atoms with Crippen molar-refractivity contribution < 1.29 is 4.74 Å². The van der Waals surface area contributed by atoms with Crippen LogP contribution in [-0.4, -0.2) is 37.8 Å². The minimum atomic E-state index is 0.205. The van der Waals surface area contributed by atoms with Gasteiger partial charge in [0.05, 0.1) is 6.10 Å². The van der Waals surface area contributed by atoms with Gasteiger partial charge in [-0.1, -0.05) is 27.2 Å². The minimum absolute atomic E-state index is 0.205. The molecule has 2 N–H and O–H groups in total. The predicted molar refractivity (Wildman–Crippen MR) is 91.1 cm³/mol. The highest BCUT2D eigenvalue weighted by Gasteiger charge is 2.59. The standard InChI is InChI=1S/C18H33N3O/c1-5-18(9-7-10-18)12-20-16(19-6-2)21-14-13-8-11-22-15(13)17(14,3)4/h13-15H,5-12H2,1-4H3,(H2,19,20,21). The van der Waals surface area contributed by atoms with Crippen molar-refractivity contribution in [2.45, 2.75) is 71.9 Å². The summed E-state index contributed by atoms with van der Waals surface area (Å²) < 4.78 is 5.90. The Balaban J connectivity index is 1.64. The molecule has 4 nitrogen and oxygen atoms in total. The van der Waals surface area contributed by atoms with E-state index in [1.165, 1.54) is 32.1 Å². The molecule has 2 aliphatic carbocycles. The molecule has 0 spiro atoms. The lowest BCUT2D eigenvalue weighted by Gasteiger charge is -2.55. The second kappa shape index (κ2) is 6.03. The molecule has 0 radical (unpaired) electrons. The maximum absolute atomic E-state index is 5.90. The summed E-state index contributed by atoms with van der Waals surface area (Å²) in [5, 5.41) is 7.16. The van der Waals surface area contributed by atoms with Crippen molar-refractivity contribution in [3.8, 4) is 0 Å². The lowest BCUT2D eigenvalue weighted by molar-refractivity contribution is -0.106. The minimum Gasteiger partial charge on any atom is -0.377 e. The average Bonchev–Trinajstić information content (AvgIpc) is 2.90. The summed E-state index contributed by atoms with van der Waals surface area (Å²) in [6.45, 7) is 11.9. The van der Waals surface area contributed by atoms with E-state index in [1.807, 2.05) is 0 Å². The Morgan fingerprint density at radius 3 is 2.64 bits per heavy atom. The zero-order valence-corrected chi connectivity index (χ0v) is 14.7. The van der Waals surface area contributed by atoms with E-state index in [2.05, 4.69) is 38.3 Å². The van der Waals surface area contributed by atoms with E-state index < -0.39 is 0 Å². The Bertz CT molecular complexity index is 423. The van der Waals surface area contributed by atoms with E-state index >= 15 is 0 Å². The first-order valence-electron chi connectivity index (χ1n) is 9.19. The van der Waals surface area contributed by atoms with Crippen molar-refractivity contribution in [3.63, 3.8) is 0 Å². The fraction of sp³-hybridized carbons (Fsp3) is 0.944.